The van der Waals surface area contributed by atoms with E-state index in [4.69, 9.17) is 0 Å². The van der Waals surface area contributed by atoms with Crippen LogP contribution in [0.3, 0.4) is 0 Å². The normalized spacial score (nSPS) is 26.0. The molecule has 0 bridgehead atoms. The highest BCUT2D eigenvalue weighted by Crippen LogP contribution is 2.33. The lowest BCUT2D eigenvalue weighted by molar-refractivity contribution is -0.125. The first kappa shape index (κ1) is 12.9. The molecule has 98 valence electrons. The molecule has 2 aliphatic carbocycles. The summed E-state index contributed by atoms with van der Waals surface area (Å²) in [6.07, 6.45) is 10.3. The Bertz CT molecular complexity index is 278. The minimum absolute atomic E-state index is 0.0719. The smallest absolute Gasteiger partial charge is 0.222 e. The van der Waals surface area contributed by atoms with E-state index in [-0.39, 0.29) is 17.0 Å². The molecule has 0 aromatic heterocycles. The Morgan fingerprint density at radius 2 is 1.71 bits per heavy atom. The third-order valence-electron chi connectivity index (χ3n) is 4.74. The van der Waals surface area contributed by atoms with Gasteiger partial charge in [0.1, 0.15) is 0 Å². The number of rotatable bonds is 4. The van der Waals surface area contributed by atoms with E-state index in [9.17, 15) is 4.79 Å². The fourth-order valence-corrected chi connectivity index (χ4v) is 3.26. The molecule has 0 atom stereocenters. The molecule has 1 amide bonds. The standard InChI is InChI=1S/C14H26N2O/c1-13(7-6-8-13)16-12(17)11-14(15-2)9-4-3-5-10-14/h15H,3-11H2,1-2H3,(H,16,17). The fraction of sp³-hybridized carbons (Fsp3) is 0.929. The molecule has 2 fully saturated rings. The molecule has 0 aromatic carbocycles. The van der Waals surface area contributed by atoms with Gasteiger partial charge in [-0.05, 0) is 46.1 Å². The number of hydrogen-bond donors (Lipinski definition) is 2. The van der Waals surface area contributed by atoms with Crippen molar-refractivity contribution in [3.8, 4) is 0 Å². The van der Waals surface area contributed by atoms with Crippen LogP contribution in [0.2, 0.25) is 0 Å². The average molecular weight is 238 g/mol. The molecule has 0 heterocycles. The van der Waals surface area contributed by atoms with Crippen LogP contribution < -0.4 is 10.6 Å². The van der Waals surface area contributed by atoms with Gasteiger partial charge in [0, 0.05) is 17.5 Å². The summed E-state index contributed by atoms with van der Waals surface area (Å²) in [6.45, 7) is 2.17. The van der Waals surface area contributed by atoms with E-state index < -0.39 is 0 Å². The Hall–Kier alpha value is -0.570. The summed E-state index contributed by atoms with van der Waals surface area (Å²) in [5.41, 5.74) is 0.170. The van der Waals surface area contributed by atoms with Gasteiger partial charge in [-0.3, -0.25) is 4.79 Å². The Labute approximate surface area is 105 Å². The molecule has 0 unspecified atom stereocenters. The maximum atomic E-state index is 12.1. The van der Waals surface area contributed by atoms with Crippen LogP contribution in [0.25, 0.3) is 0 Å². The van der Waals surface area contributed by atoms with Gasteiger partial charge in [-0.2, -0.15) is 0 Å². The summed E-state index contributed by atoms with van der Waals surface area (Å²) in [7, 11) is 2.00. The van der Waals surface area contributed by atoms with E-state index in [1.165, 1.54) is 25.7 Å². The van der Waals surface area contributed by atoms with Crippen LogP contribution >= 0.6 is 0 Å². The van der Waals surface area contributed by atoms with Gasteiger partial charge in [-0.25, -0.2) is 0 Å². The first-order chi connectivity index (χ1) is 8.08. The van der Waals surface area contributed by atoms with Crippen molar-refractivity contribution < 1.29 is 4.79 Å². The SMILES string of the molecule is CNC1(CC(=O)NC2(C)CCC2)CCCCC1. The zero-order valence-corrected chi connectivity index (χ0v) is 11.3. The lowest BCUT2D eigenvalue weighted by atomic mass is 9.76. The molecule has 0 saturated heterocycles. The number of amides is 1. The minimum atomic E-state index is 0.0719. The van der Waals surface area contributed by atoms with Crippen LogP contribution in [0.15, 0.2) is 0 Å². The highest BCUT2D eigenvalue weighted by molar-refractivity contribution is 5.78. The molecule has 0 radical (unpaired) electrons. The predicted octanol–water partition coefficient (Wildman–Crippen LogP) is 2.36. The van der Waals surface area contributed by atoms with Crippen molar-refractivity contribution in [3.05, 3.63) is 0 Å². The molecule has 2 aliphatic rings. The summed E-state index contributed by atoms with van der Waals surface area (Å²) in [4.78, 5) is 12.1. The summed E-state index contributed by atoms with van der Waals surface area (Å²) in [6, 6.07) is 0. The molecule has 0 aliphatic heterocycles. The van der Waals surface area contributed by atoms with Crippen LogP contribution in [-0.4, -0.2) is 24.0 Å². The van der Waals surface area contributed by atoms with Crippen molar-refractivity contribution >= 4 is 5.91 Å². The van der Waals surface area contributed by atoms with Crippen LogP contribution in [-0.2, 0) is 4.79 Å². The van der Waals surface area contributed by atoms with Crippen molar-refractivity contribution in [1.82, 2.24) is 10.6 Å². The summed E-state index contributed by atoms with van der Waals surface area (Å²) in [5.74, 6) is 0.239. The van der Waals surface area contributed by atoms with E-state index in [2.05, 4.69) is 17.6 Å². The molecule has 3 heteroatoms. The Morgan fingerprint density at radius 3 is 2.18 bits per heavy atom. The molecule has 0 spiro atoms. The average Bonchev–Trinajstić information content (AvgIpc) is 2.28. The maximum absolute atomic E-state index is 12.1. The molecule has 2 N–H and O–H groups in total. The quantitative estimate of drug-likeness (QED) is 0.789. The van der Waals surface area contributed by atoms with Gasteiger partial charge in [0.25, 0.3) is 0 Å². The van der Waals surface area contributed by atoms with E-state index >= 15 is 0 Å². The summed E-state index contributed by atoms with van der Waals surface area (Å²) < 4.78 is 0. The monoisotopic (exact) mass is 238 g/mol. The van der Waals surface area contributed by atoms with Gasteiger partial charge in [0.2, 0.25) is 5.91 Å². The lowest BCUT2D eigenvalue weighted by Crippen LogP contribution is -2.55. The van der Waals surface area contributed by atoms with Crippen molar-refractivity contribution in [1.29, 1.82) is 0 Å². The molecular formula is C14H26N2O. The van der Waals surface area contributed by atoms with E-state index in [1.54, 1.807) is 0 Å². The van der Waals surface area contributed by atoms with E-state index in [0.717, 1.165) is 25.7 Å². The van der Waals surface area contributed by atoms with E-state index in [0.29, 0.717) is 6.42 Å². The first-order valence-corrected chi connectivity index (χ1v) is 7.08. The topological polar surface area (TPSA) is 41.1 Å². The zero-order valence-electron chi connectivity index (χ0n) is 11.3. The van der Waals surface area contributed by atoms with Gasteiger partial charge < -0.3 is 10.6 Å². The van der Waals surface area contributed by atoms with Gasteiger partial charge in [0.05, 0.1) is 0 Å². The predicted molar refractivity (Wildman–Crippen MR) is 69.9 cm³/mol. The van der Waals surface area contributed by atoms with Gasteiger partial charge in [-0.1, -0.05) is 19.3 Å². The second-order valence-corrected chi connectivity index (χ2v) is 6.23. The van der Waals surface area contributed by atoms with Crippen LogP contribution in [0.5, 0.6) is 0 Å². The number of nitrogens with one attached hydrogen (secondary N) is 2. The molecule has 2 saturated carbocycles. The minimum Gasteiger partial charge on any atom is -0.351 e. The summed E-state index contributed by atoms with van der Waals surface area (Å²) in [5, 5.41) is 6.63. The fourth-order valence-electron chi connectivity index (χ4n) is 3.26. The van der Waals surface area contributed by atoms with Gasteiger partial charge in [0.15, 0.2) is 0 Å². The Morgan fingerprint density at radius 1 is 1.06 bits per heavy atom. The van der Waals surface area contributed by atoms with Crippen LogP contribution in [0.1, 0.15) is 64.7 Å². The van der Waals surface area contributed by atoms with Crippen molar-refractivity contribution in [3.63, 3.8) is 0 Å². The lowest BCUT2D eigenvalue weighted by Gasteiger charge is -2.41. The largest absolute Gasteiger partial charge is 0.351 e. The van der Waals surface area contributed by atoms with Crippen LogP contribution in [0.4, 0.5) is 0 Å². The van der Waals surface area contributed by atoms with Crippen molar-refractivity contribution in [2.45, 2.75) is 75.8 Å². The third-order valence-corrected chi connectivity index (χ3v) is 4.74. The molecule has 2 rings (SSSR count). The Kier molecular flexibility index (Phi) is 3.76. The maximum Gasteiger partial charge on any atom is 0.222 e. The highest BCUT2D eigenvalue weighted by Gasteiger charge is 2.37. The van der Waals surface area contributed by atoms with Crippen molar-refractivity contribution in [2.75, 3.05) is 7.05 Å². The van der Waals surface area contributed by atoms with Crippen LogP contribution in [0, 0.1) is 0 Å². The highest BCUT2D eigenvalue weighted by atomic mass is 16.1. The molecule has 17 heavy (non-hydrogen) atoms. The van der Waals surface area contributed by atoms with Gasteiger partial charge in [-0.15, -0.1) is 0 Å². The third kappa shape index (κ3) is 3.01. The number of hydrogen-bond acceptors (Lipinski definition) is 2. The summed E-state index contributed by atoms with van der Waals surface area (Å²) >= 11 is 0. The first-order valence-electron chi connectivity index (χ1n) is 7.08. The van der Waals surface area contributed by atoms with Gasteiger partial charge >= 0.3 is 0 Å². The Balaban J connectivity index is 1.87. The second-order valence-electron chi connectivity index (χ2n) is 6.23. The number of carbonyl (C=O) groups excluding carboxylic acids is 1. The molecule has 0 aromatic rings. The molecule has 3 nitrogen and oxygen atoms in total. The van der Waals surface area contributed by atoms with Crippen molar-refractivity contribution in [2.24, 2.45) is 0 Å². The zero-order chi connectivity index (χ0) is 12.4. The number of carbonyl (C=O) groups is 1. The van der Waals surface area contributed by atoms with E-state index in [1.807, 2.05) is 7.05 Å². The molecular weight excluding hydrogens is 212 g/mol. The second kappa shape index (κ2) is 4.97.